The topological polar surface area (TPSA) is 124 Å². The first-order chi connectivity index (χ1) is 15.3. The summed E-state index contributed by atoms with van der Waals surface area (Å²) in [7, 11) is 0. The lowest BCUT2D eigenvalue weighted by Gasteiger charge is -2.15. The molecule has 5 heterocycles. The molecule has 31 heavy (non-hydrogen) atoms. The molecule has 0 spiro atoms. The number of nitrogens with one attached hydrogen (secondary N) is 3. The molecule has 5 rings (SSSR count). The molecule has 1 unspecified atom stereocenters. The van der Waals surface area contributed by atoms with Crippen molar-refractivity contribution in [1.82, 2.24) is 30.2 Å². The van der Waals surface area contributed by atoms with Crippen LogP contribution in [0.1, 0.15) is 12.0 Å². The SMILES string of the molecule is N#Cc1ccc(Nc2cc(-c3nc(NC4CCNC4)c4ccncc4n3)ccn2)nc1. The number of pyridine rings is 3. The van der Waals surface area contributed by atoms with Crippen LogP contribution in [-0.2, 0) is 0 Å². The van der Waals surface area contributed by atoms with Crippen molar-refractivity contribution in [1.29, 1.82) is 5.26 Å². The molecule has 0 aromatic carbocycles. The summed E-state index contributed by atoms with van der Waals surface area (Å²) in [4.78, 5) is 22.4. The van der Waals surface area contributed by atoms with E-state index in [1.165, 1.54) is 6.20 Å². The van der Waals surface area contributed by atoms with Crippen molar-refractivity contribution in [2.75, 3.05) is 23.7 Å². The van der Waals surface area contributed by atoms with Crippen LogP contribution in [0.25, 0.3) is 22.3 Å². The summed E-state index contributed by atoms with van der Waals surface area (Å²) in [5, 5.41) is 19.9. The number of rotatable bonds is 5. The molecule has 152 valence electrons. The first-order valence-corrected chi connectivity index (χ1v) is 9.97. The van der Waals surface area contributed by atoms with Crippen LogP contribution in [0.4, 0.5) is 17.5 Å². The maximum atomic E-state index is 8.92. The molecule has 3 N–H and O–H groups in total. The zero-order valence-electron chi connectivity index (χ0n) is 16.6. The van der Waals surface area contributed by atoms with Crippen molar-refractivity contribution in [3.05, 3.63) is 60.7 Å². The zero-order chi connectivity index (χ0) is 21.0. The average molecular weight is 409 g/mol. The normalized spacial score (nSPS) is 15.5. The molecule has 9 heteroatoms. The van der Waals surface area contributed by atoms with E-state index >= 15 is 0 Å². The van der Waals surface area contributed by atoms with Gasteiger partial charge in [0.1, 0.15) is 23.5 Å². The number of hydrogen-bond acceptors (Lipinski definition) is 9. The lowest BCUT2D eigenvalue weighted by atomic mass is 10.2. The van der Waals surface area contributed by atoms with Gasteiger partial charge in [-0.3, -0.25) is 4.98 Å². The molecule has 9 nitrogen and oxygen atoms in total. The fourth-order valence-electron chi connectivity index (χ4n) is 3.49. The van der Waals surface area contributed by atoms with E-state index < -0.39 is 0 Å². The molecule has 1 aliphatic rings. The Labute approximate surface area is 178 Å². The maximum Gasteiger partial charge on any atom is 0.162 e. The highest BCUT2D eigenvalue weighted by Crippen LogP contribution is 2.26. The van der Waals surface area contributed by atoms with Crippen LogP contribution in [0.5, 0.6) is 0 Å². The number of anilines is 3. The third-order valence-electron chi connectivity index (χ3n) is 5.07. The Bertz CT molecular complexity index is 1260. The van der Waals surface area contributed by atoms with Crippen LogP contribution in [-0.4, -0.2) is 44.1 Å². The minimum absolute atomic E-state index is 0.330. The van der Waals surface area contributed by atoms with E-state index in [0.717, 1.165) is 41.8 Å². The molecule has 0 amide bonds. The van der Waals surface area contributed by atoms with Gasteiger partial charge in [-0.1, -0.05) is 0 Å². The van der Waals surface area contributed by atoms with E-state index in [-0.39, 0.29) is 0 Å². The van der Waals surface area contributed by atoms with Gasteiger partial charge in [-0.25, -0.2) is 19.9 Å². The van der Waals surface area contributed by atoms with Gasteiger partial charge in [-0.2, -0.15) is 5.26 Å². The van der Waals surface area contributed by atoms with Crippen LogP contribution < -0.4 is 16.0 Å². The van der Waals surface area contributed by atoms with E-state index in [2.05, 4.69) is 37.0 Å². The summed E-state index contributed by atoms with van der Waals surface area (Å²) >= 11 is 0. The van der Waals surface area contributed by atoms with Crippen molar-refractivity contribution in [3.8, 4) is 17.5 Å². The van der Waals surface area contributed by atoms with Crippen LogP contribution in [0, 0.1) is 11.3 Å². The number of aromatic nitrogens is 5. The number of nitriles is 1. The number of fused-ring (bicyclic) bond motifs is 1. The third-order valence-corrected chi connectivity index (χ3v) is 5.07. The minimum Gasteiger partial charge on any atom is -0.365 e. The lowest BCUT2D eigenvalue weighted by Crippen LogP contribution is -2.23. The summed E-state index contributed by atoms with van der Waals surface area (Å²) in [5.74, 6) is 2.60. The summed E-state index contributed by atoms with van der Waals surface area (Å²) in [6.45, 7) is 1.91. The first kappa shape index (κ1) is 18.8. The fourth-order valence-corrected chi connectivity index (χ4v) is 3.49. The third kappa shape index (κ3) is 4.10. The predicted octanol–water partition coefficient (Wildman–Crippen LogP) is 2.87. The summed E-state index contributed by atoms with van der Waals surface area (Å²) < 4.78 is 0. The Kier molecular flexibility index (Phi) is 5.04. The number of hydrogen-bond donors (Lipinski definition) is 3. The second-order valence-corrected chi connectivity index (χ2v) is 7.22. The van der Waals surface area contributed by atoms with Crippen molar-refractivity contribution < 1.29 is 0 Å². The van der Waals surface area contributed by atoms with Crippen LogP contribution in [0.3, 0.4) is 0 Å². The average Bonchev–Trinajstić information content (AvgIpc) is 3.33. The molecule has 1 fully saturated rings. The summed E-state index contributed by atoms with van der Waals surface area (Å²) in [6.07, 6.45) is 7.77. The Balaban J connectivity index is 1.48. The zero-order valence-corrected chi connectivity index (χ0v) is 16.6. The molecule has 0 aliphatic carbocycles. The van der Waals surface area contributed by atoms with Gasteiger partial charge in [-0.15, -0.1) is 0 Å². The van der Waals surface area contributed by atoms with Crippen LogP contribution >= 0.6 is 0 Å². The highest BCUT2D eigenvalue weighted by Gasteiger charge is 2.17. The Morgan fingerprint density at radius 1 is 1.03 bits per heavy atom. The second kappa shape index (κ2) is 8.30. The lowest BCUT2D eigenvalue weighted by molar-refractivity contribution is 0.789. The second-order valence-electron chi connectivity index (χ2n) is 7.22. The monoisotopic (exact) mass is 409 g/mol. The Morgan fingerprint density at radius 2 is 2.00 bits per heavy atom. The van der Waals surface area contributed by atoms with Gasteiger partial charge in [0.25, 0.3) is 0 Å². The van der Waals surface area contributed by atoms with Gasteiger partial charge < -0.3 is 16.0 Å². The standard InChI is InChI=1S/C22H19N9/c23-10-14-1-2-19(27-11-14)30-20-9-15(3-8-26-20)21-29-18-13-25-7-5-17(18)22(31-21)28-16-4-6-24-12-16/h1-3,5,7-9,11,13,16,24H,4,6,12H2,(H,26,27,30)(H,28,29,31). The smallest absolute Gasteiger partial charge is 0.162 e. The van der Waals surface area contributed by atoms with Crippen molar-refractivity contribution >= 4 is 28.4 Å². The molecular formula is C22H19N9. The molecule has 1 saturated heterocycles. The van der Waals surface area contributed by atoms with Gasteiger partial charge in [0, 0.05) is 42.1 Å². The molecule has 4 aromatic heterocycles. The van der Waals surface area contributed by atoms with E-state index in [0.29, 0.717) is 29.1 Å². The molecular weight excluding hydrogens is 390 g/mol. The quantitative estimate of drug-likeness (QED) is 0.456. The number of nitrogens with zero attached hydrogens (tertiary/aromatic N) is 6. The van der Waals surface area contributed by atoms with Crippen molar-refractivity contribution in [3.63, 3.8) is 0 Å². The highest BCUT2D eigenvalue weighted by atomic mass is 15.1. The van der Waals surface area contributed by atoms with E-state index in [1.807, 2.05) is 18.2 Å². The van der Waals surface area contributed by atoms with Gasteiger partial charge in [0.05, 0.1) is 17.3 Å². The van der Waals surface area contributed by atoms with Gasteiger partial charge in [0.15, 0.2) is 5.82 Å². The largest absolute Gasteiger partial charge is 0.365 e. The molecule has 0 radical (unpaired) electrons. The summed E-state index contributed by atoms with van der Waals surface area (Å²) in [5.41, 5.74) is 2.11. The molecule has 4 aromatic rings. The predicted molar refractivity (Wildman–Crippen MR) is 118 cm³/mol. The first-order valence-electron chi connectivity index (χ1n) is 9.97. The van der Waals surface area contributed by atoms with Crippen molar-refractivity contribution in [2.45, 2.75) is 12.5 Å². The molecule has 0 saturated carbocycles. The van der Waals surface area contributed by atoms with Crippen molar-refractivity contribution in [2.24, 2.45) is 0 Å². The van der Waals surface area contributed by atoms with Crippen LogP contribution in [0.2, 0.25) is 0 Å². The van der Waals surface area contributed by atoms with E-state index in [4.69, 9.17) is 15.2 Å². The van der Waals surface area contributed by atoms with Gasteiger partial charge in [0.2, 0.25) is 0 Å². The van der Waals surface area contributed by atoms with E-state index in [1.54, 1.807) is 30.7 Å². The van der Waals surface area contributed by atoms with Gasteiger partial charge >= 0.3 is 0 Å². The molecule has 0 bridgehead atoms. The molecule has 1 aliphatic heterocycles. The van der Waals surface area contributed by atoms with Gasteiger partial charge in [-0.05, 0) is 43.3 Å². The fraction of sp³-hybridized carbons (Fsp3) is 0.182. The maximum absolute atomic E-state index is 8.92. The Hall–Kier alpha value is -4.16. The molecule has 1 atom stereocenters. The highest BCUT2D eigenvalue weighted by molar-refractivity contribution is 5.90. The van der Waals surface area contributed by atoms with E-state index in [9.17, 15) is 0 Å². The summed E-state index contributed by atoms with van der Waals surface area (Å²) in [6, 6.07) is 11.5. The Morgan fingerprint density at radius 3 is 2.81 bits per heavy atom. The minimum atomic E-state index is 0.330. The van der Waals surface area contributed by atoms with Crippen LogP contribution in [0.15, 0.2) is 55.1 Å².